The topological polar surface area (TPSA) is 35.2 Å². The van der Waals surface area contributed by atoms with E-state index in [0.29, 0.717) is 12.5 Å². The number of aryl methyl sites for hydroxylation is 1. The highest BCUT2D eigenvalue weighted by molar-refractivity contribution is 6.31. The number of hydrogen-bond donors (Lipinski definition) is 1. The maximum Gasteiger partial charge on any atom is 0.119 e. The van der Waals surface area contributed by atoms with Crippen molar-refractivity contribution in [3.63, 3.8) is 0 Å². The molecule has 1 fully saturated rings. The Balaban J connectivity index is 1.89. The molecule has 0 bridgehead atoms. The standard InChI is InChI=1S/C12H16ClNO/c1-8-6-10(4-5-11(8)13)15-7-12(14)9-2-3-9/h4-6,9,12H,2-3,7,14H2,1H3. The Morgan fingerprint density at radius 2 is 2.27 bits per heavy atom. The molecule has 1 aromatic rings. The van der Waals surface area contributed by atoms with E-state index in [-0.39, 0.29) is 6.04 Å². The van der Waals surface area contributed by atoms with E-state index in [1.165, 1.54) is 12.8 Å². The molecule has 0 aliphatic heterocycles. The van der Waals surface area contributed by atoms with Crippen molar-refractivity contribution < 1.29 is 4.74 Å². The van der Waals surface area contributed by atoms with Gasteiger partial charge in [0.1, 0.15) is 12.4 Å². The van der Waals surface area contributed by atoms with Gasteiger partial charge in [-0.3, -0.25) is 0 Å². The van der Waals surface area contributed by atoms with Crippen molar-refractivity contribution in [2.75, 3.05) is 6.61 Å². The number of nitrogens with two attached hydrogens (primary N) is 1. The summed E-state index contributed by atoms with van der Waals surface area (Å²) in [7, 11) is 0. The summed E-state index contributed by atoms with van der Waals surface area (Å²) in [5, 5.41) is 0.772. The van der Waals surface area contributed by atoms with Crippen LogP contribution in [0.3, 0.4) is 0 Å². The van der Waals surface area contributed by atoms with Crippen LogP contribution in [0.2, 0.25) is 5.02 Å². The van der Waals surface area contributed by atoms with Gasteiger partial charge < -0.3 is 10.5 Å². The second kappa shape index (κ2) is 4.42. The lowest BCUT2D eigenvalue weighted by molar-refractivity contribution is 0.276. The van der Waals surface area contributed by atoms with Crippen molar-refractivity contribution in [1.29, 1.82) is 0 Å². The van der Waals surface area contributed by atoms with Gasteiger partial charge in [-0.05, 0) is 49.4 Å². The summed E-state index contributed by atoms with van der Waals surface area (Å²) in [6.45, 7) is 2.57. The number of rotatable bonds is 4. The molecule has 0 aromatic heterocycles. The summed E-state index contributed by atoms with van der Waals surface area (Å²) in [4.78, 5) is 0. The zero-order chi connectivity index (χ0) is 10.8. The van der Waals surface area contributed by atoms with Crippen LogP contribution in [-0.4, -0.2) is 12.6 Å². The molecule has 1 saturated carbocycles. The van der Waals surface area contributed by atoms with E-state index < -0.39 is 0 Å². The molecule has 2 rings (SSSR count). The summed E-state index contributed by atoms with van der Waals surface area (Å²) < 4.78 is 5.62. The summed E-state index contributed by atoms with van der Waals surface area (Å²) >= 11 is 5.92. The van der Waals surface area contributed by atoms with Crippen molar-refractivity contribution in [2.24, 2.45) is 11.7 Å². The van der Waals surface area contributed by atoms with Crippen LogP contribution < -0.4 is 10.5 Å². The smallest absolute Gasteiger partial charge is 0.119 e. The fourth-order valence-corrected chi connectivity index (χ4v) is 1.68. The SMILES string of the molecule is Cc1cc(OCC(N)C2CC2)ccc1Cl. The summed E-state index contributed by atoms with van der Waals surface area (Å²) in [5.41, 5.74) is 6.98. The van der Waals surface area contributed by atoms with Gasteiger partial charge >= 0.3 is 0 Å². The molecule has 0 amide bonds. The van der Waals surface area contributed by atoms with Gasteiger partial charge in [-0.25, -0.2) is 0 Å². The molecule has 0 radical (unpaired) electrons. The normalized spacial score (nSPS) is 17.5. The lowest BCUT2D eigenvalue weighted by atomic mass is 10.2. The maximum absolute atomic E-state index is 5.94. The fraction of sp³-hybridized carbons (Fsp3) is 0.500. The van der Waals surface area contributed by atoms with Crippen LogP contribution in [0.5, 0.6) is 5.75 Å². The molecule has 0 heterocycles. The molecule has 2 nitrogen and oxygen atoms in total. The average molecular weight is 226 g/mol. The van der Waals surface area contributed by atoms with E-state index in [1.807, 2.05) is 25.1 Å². The molecule has 15 heavy (non-hydrogen) atoms. The summed E-state index contributed by atoms with van der Waals surface area (Å²) in [6.07, 6.45) is 2.51. The molecule has 1 unspecified atom stereocenters. The highest BCUT2D eigenvalue weighted by Crippen LogP contribution is 2.31. The quantitative estimate of drug-likeness (QED) is 0.855. The Morgan fingerprint density at radius 3 is 2.87 bits per heavy atom. The molecule has 1 aromatic carbocycles. The first-order valence-electron chi connectivity index (χ1n) is 5.31. The van der Waals surface area contributed by atoms with Crippen molar-refractivity contribution in [3.8, 4) is 5.75 Å². The molecule has 1 aliphatic rings. The highest BCUT2D eigenvalue weighted by atomic mass is 35.5. The van der Waals surface area contributed by atoms with E-state index in [4.69, 9.17) is 22.1 Å². The van der Waals surface area contributed by atoms with Crippen LogP contribution in [0.1, 0.15) is 18.4 Å². The third kappa shape index (κ3) is 2.86. The minimum atomic E-state index is 0.181. The fourth-order valence-electron chi connectivity index (χ4n) is 1.56. The Kier molecular flexibility index (Phi) is 3.17. The Hall–Kier alpha value is -0.730. The first kappa shape index (κ1) is 10.8. The van der Waals surface area contributed by atoms with E-state index in [9.17, 15) is 0 Å². The summed E-state index contributed by atoms with van der Waals surface area (Å²) in [6, 6.07) is 5.87. The van der Waals surface area contributed by atoms with Crippen LogP contribution in [0.25, 0.3) is 0 Å². The Bertz CT molecular complexity index is 349. The van der Waals surface area contributed by atoms with Crippen molar-refractivity contribution >= 4 is 11.6 Å². The second-order valence-corrected chi connectivity index (χ2v) is 4.63. The predicted molar refractivity (Wildman–Crippen MR) is 62.4 cm³/mol. The summed E-state index contributed by atoms with van der Waals surface area (Å²) in [5.74, 6) is 1.53. The Labute approximate surface area is 95.4 Å². The third-order valence-corrected chi connectivity index (χ3v) is 3.22. The van der Waals surface area contributed by atoms with Gasteiger partial charge in [-0.1, -0.05) is 11.6 Å². The number of ether oxygens (including phenoxy) is 1. The molecule has 1 atom stereocenters. The van der Waals surface area contributed by atoms with Gasteiger partial charge in [0.05, 0.1) is 0 Å². The first-order chi connectivity index (χ1) is 7.16. The first-order valence-corrected chi connectivity index (χ1v) is 5.69. The van der Waals surface area contributed by atoms with Crippen LogP contribution in [0.15, 0.2) is 18.2 Å². The average Bonchev–Trinajstić information content (AvgIpc) is 3.03. The zero-order valence-electron chi connectivity index (χ0n) is 8.87. The van der Waals surface area contributed by atoms with E-state index in [1.54, 1.807) is 0 Å². The van der Waals surface area contributed by atoms with Gasteiger partial charge in [-0.2, -0.15) is 0 Å². The molecule has 1 aliphatic carbocycles. The predicted octanol–water partition coefficient (Wildman–Crippen LogP) is 2.76. The van der Waals surface area contributed by atoms with E-state index >= 15 is 0 Å². The van der Waals surface area contributed by atoms with Crippen LogP contribution in [0, 0.1) is 12.8 Å². The maximum atomic E-state index is 5.94. The van der Waals surface area contributed by atoms with Gasteiger partial charge in [0.25, 0.3) is 0 Å². The van der Waals surface area contributed by atoms with Crippen LogP contribution in [0.4, 0.5) is 0 Å². The Morgan fingerprint density at radius 1 is 1.53 bits per heavy atom. The molecule has 82 valence electrons. The van der Waals surface area contributed by atoms with E-state index in [0.717, 1.165) is 16.3 Å². The van der Waals surface area contributed by atoms with Crippen LogP contribution in [-0.2, 0) is 0 Å². The molecular formula is C12H16ClNO. The lowest BCUT2D eigenvalue weighted by Gasteiger charge is -2.12. The van der Waals surface area contributed by atoms with Gasteiger partial charge in [-0.15, -0.1) is 0 Å². The molecule has 0 saturated heterocycles. The van der Waals surface area contributed by atoms with Crippen LogP contribution >= 0.6 is 11.6 Å². The lowest BCUT2D eigenvalue weighted by Crippen LogP contribution is -2.29. The molecule has 2 N–H and O–H groups in total. The molecular weight excluding hydrogens is 210 g/mol. The third-order valence-electron chi connectivity index (χ3n) is 2.80. The van der Waals surface area contributed by atoms with Crippen molar-refractivity contribution in [1.82, 2.24) is 0 Å². The number of halogens is 1. The van der Waals surface area contributed by atoms with Crippen molar-refractivity contribution in [3.05, 3.63) is 28.8 Å². The molecule has 0 spiro atoms. The van der Waals surface area contributed by atoms with Gasteiger partial charge in [0.2, 0.25) is 0 Å². The highest BCUT2D eigenvalue weighted by Gasteiger charge is 2.28. The minimum Gasteiger partial charge on any atom is -0.492 e. The minimum absolute atomic E-state index is 0.181. The monoisotopic (exact) mass is 225 g/mol. The number of benzene rings is 1. The number of hydrogen-bond acceptors (Lipinski definition) is 2. The largest absolute Gasteiger partial charge is 0.492 e. The second-order valence-electron chi connectivity index (χ2n) is 4.22. The zero-order valence-corrected chi connectivity index (χ0v) is 9.63. The van der Waals surface area contributed by atoms with Gasteiger partial charge in [0, 0.05) is 11.1 Å². The van der Waals surface area contributed by atoms with Gasteiger partial charge in [0.15, 0.2) is 0 Å². The van der Waals surface area contributed by atoms with Crippen molar-refractivity contribution in [2.45, 2.75) is 25.8 Å². The molecule has 3 heteroatoms. The van der Waals surface area contributed by atoms with E-state index in [2.05, 4.69) is 0 Å².